The summed E-state index contributed by atoms with van der Waals surface area (Å²) in [5.41, 5.74) is -2.85. The molecule has 3 nitrogen and oxygen atoms in total. The Morgan fingerprint density at radius 3 is 2.00 bits per heavy atom. The number of hydrogen-bond acceptors (Lipinski definition) is 3. The van der Waals surface area contributed by atoms with E-state index in [4.69, 9.17) is 4.74 Å². The molecule has 0 bridgehead atoms. The van der Waals surface area contributed by atoms with Crippen LogP contribution < -0.4 is 0 Å². The van der Waals surface area contributed by atoms with Crippen molar-refractivity contribution in [3.8, 4) is 0 Å². The van der Waals surface area contributed by atoms with E-state index in [2.05, 4.69) is 4.99 Å². The lowest BCUT2D eigenvalue weighted by molar-refractivity contribution is -0.143. The van der Waals surface area contributed by atoms with Crippen molar-refractivity contribution in [1.29, 1.82) is 0 Å². The van der Waals surface area contributed by atoms with Crippen LogP contribution in [0.5, 0.6) is 0 Å². The van der Waals surface area contributed by atoms with Crippen molar-refractivity contribution in [2.45, 2.75) is 31.4 Å². The Kier molecular flexibility index (Phi) is 5.86. The molecule has 0 saturated heterocycles. The van der Waals surface area contributed by atoms with Crippen molar-refractivity contribution in [3.05, 3.63) is 70.8 Å². The van der Waals surface area contributed by atoms with E-state index < -0.39 is 35.6 Å². The molecule has 0 fully saturated rings. The maximum absolute atomic E-state index is 13.0. The molecule has 0 amide bonds. The number of nitrogens with zero attached hydrogens (tertiary/aromatic N) is 2. The van der Waals surface area contributed by atoms with Crippen molar-refractivity contribution in [3.63, 3.8) is 0 Å². The summed E-state index contributed by atoms with van der Waals surface area (Å²) in [4.78, 5) is 6.59. The summed E-state index contributed by atoms with van der Waals surface area (Å²) in [5.74, 6) is 0.765. The molecule has 1 atom stereocenters. The molecule has 0 spiro atoms. The third-order valence-electron chi connectivity index (χ3n) is 5.00. The molecule has 1 aliphatic rings. The van der Waals surface area contributed by atoms with Gasteiger partial charge in [0.2, 0.25) is 0 Å². The van der Waals surface area contributed by atoms with E-state index in [9.17, 15) is 26.3 Å². The quantitative estimate of drug-likeness (QED) is 0.586. The molecular formula is C21H20F6N2O. The van der Waals surface area contributed by atoms with Crippen molar-refractivity contribution in [1.82, 2.24) is 4.90 Å². The van der Waals surface area contributed by atoms with Crippen LogP contribution in [0.15, 0.2) is 53.5 Å². The van der Waals surface area contributed by atoms with E-state index in [0.717, 1.165) is 11.4 Å². The first-order valence-electron chi connectivity index (χ1n) is 9.10. The van der Waals surface area contributed by atoms with Gasteiger partial charge in [0.15, 0.2) is 0 Å². The number of hydrogen-bond donors (Lipinski definition) is 0. The fourth-order valence-corrected chi connectivity index (χ4v) is 3.44. The summed E-state index contributed by atoms with van der Waals surface area (Å²) >= 11 is 0. The van der Waals surface area contributed by atoms with Gasteiger partial charge in [0.25, 0.3) is 0 Å². The Bertz CT molecular complexity index is 891. The highest BCUT2D eigenvalue weighted by atomic mass is 19.4. The van der Waals surface area contributed by atoms with Gasteiger partial charge in [0.1, 0.15) is 5.54 Å². The lowest BCUT2D eigenvalue weighted by atomic mass is 9.92. The number of benzene rings is 2. The van der Waals surface area contributed by atoms with Crippen molar-refractivity contribution >= 4 is 5.84 Å². The standard InChI is InChI=1S/C21H20F6N2O/c1-14-28-19(12-29(14)2,16-6-4-3-5-7-16)13-30-11-15-8-17(20(22,23)24)10-18(9-15)21(25,26)27/h3-10H,11-13H2,1-2H3/t19-/m1/s1. The maximum Gasteiger partial charge on any atom is 0.416 e. The zero-order valence-corrected chi connectivity index (χ0v) is 16.3. The van der Waals surface area contributed by atoms with Crippen LogP contribution in [0, 0.1) is 0 Å². The molecule has 0 aromatic heterocycles. The lowest BCUT2D eigenvalue weighted by Gasteiger charge is -2.27. The van der Waals surface area contributed by atoms with Crippen LogP contribution in [-0.2, 0) is 29.2 Å². The maximum atomic E-state index is 13.0. The highest BCUT2D eigenvalue weighted by molar-refractivity contribution is 5.82. The van der Waals surface area contributed by atoms with Crippen LogP contribution in [0.25, 0.3) is 0 Å². The Morgan fingerprint density at radius 2 is 1.53 bits per heavy atom. The highest BCUT2D eigenvalue weighted by Crippen LogP contribution is 2.37. The number of likely N-dealkylation sites (N-methyl/N-ethyl adjacent to an activating group) is 1. The largest absolute Gasteiger partial charge is 0.416 e. The summed E-state index contributed by atoms with van der Waals surface area (Å²) in [6.45, 7) is 1.92. The molecule has 2 aromatic carbocycles. The van der Waals surface area contributed by atoms with Gasteiger partial charge in [-0.15, -0.1) is 0 Å². The molecule has 1 aliphatic heterocycles. The number of amidine groups is 1. The number of aliphatic imine (C=N–C) groups is 1. The Balaban J connectivity index is 1.84. The lowest BCUT2D eigenvalue weighted by Crippen LogP contribution is -2.35. The molecule has 0 radical (unpaired) electrons. The second kappa shape index (κ2) is 7.94. The summed E-state index contributed by atoms with van der Waals surface area (Å²) in [5, 5.41) is 0. The monoisotopic (exact) mass is 430 g/mol. The van der Waals surface area contributed by atoms with Crippen LogP contribution in [0.4, 0.5) is 26.3 Å². The summed E-state index contributed by atoms with van der Waals surface area (Å²) in [7, 11) is 1.85. The SMILES string of the molecule is CC1=N[C@](COCc2cc(C(F)(F)F)cc(C(F)(F)F)c2)(c2ccccc2)CN1C. The van der Waals surface area contributed by atoms with Crippen LogP contribution in [0.1, 0.15) is 29.2 Å². The van der Waals surface area contributed by atoms with Gasteiger partial charge in [-0.2, -0.15) is 26.3 Å². The fourth-order valence-electron chi connectivity index (χ4n) is 3.44. The minimum Gasteiger partial charge on any atom is -0.374 e. The van der Waals surface area contributed by atoms with Gasteiger partial charge < -0.3 is 9.64 Å². The molecule has 0 aliphatic carbocycles. The first-order valence-corrected chi connectivity index (χ1v) is 9.10. The van der Waals surface area contributed by atoms with Gasteiger partial charge >= 0.3 is 12.4 Å². The third kappa shape index (κ3) is 4.77. The first kappa shape index (κ1) is 22.1. The fraction of sp³-hybridized carbons (Fsp3) is 0.381. The molecule has 2 aromatic rings. The number of alkyl halides is 6. The smallest absolute Gasteiger partial charge is 0.374 e. The van der Waals surface area contributed by atoms with E-state index in [-0.39, 0.29) is 18.2 Å². The average Bonchev–Trinajstić information content (AvgIpc) is 2.96. The summed E-state index contributed by atoms with van der Waals surface area (Å²) in [6, 6.07) is 10.7. The minimum atomic E-state index is -4.89. The van der Waals surface area contributed by atoms with E-state index in [1.165, 1.54) is 0 Å². The second-order valence-corrected chi connectivity index (χ2v) is 7.32. The normalized spacial score (nSPS) is 19.9. The summed E-state index contributed by atoms with van der Waals surface area (Å²) in [6.07, 6.45) is -9.78. The van der Waals surface area contributed by atoms with E-state index in [1.54, 1.807) is 0 Å². The number of rotatable bonds is 5. The van der Waals surface area contributed by atoms with Crippen LogP contribution in [0.2, 0.25) is 0 Å². The van der Waals surface area contributed by atoms with Gasteiger partial charge in [0.05, 0.1) is 36.7 Å². The van der Waals surface area contributed by atoms with E-state index in [0.29, 0.717) is 18.7 Å². The van der Waals surface area contributed by atoms with Gasteiger partial charge in [-0.3, -0.25) is 4.99 Å². The third-order valence-corrected chi connectivity index (χ3v) is 5.00. The Hall–Kier alpha value is -2.55. The number of halogens is 6. The zero-order chi connectivity index (χ0) is 22.2. The predicted octanol–water partition coefficient (Wildman–Crippen LogP) is 5.50. The topological polar surface area (TPSA) is 24.8 Å². The first-order chi connectivity index (χ1) is 13.9. The molecule has 0 saturated carbocycles. The van der Waals surface area contributed by atoms with Crippen LogP contribution in [0.3, 0.4) is 0 Å². The van der Waals surface area contributed by atoms with Gasteiger partial charge in [-0.05, 0) is 36.2 Å². The molecule has 0 unspecified atom stereocenters. The Labute approximate surface area is 170 Å². The van der Waals surface area contributed by atoms with Gasteiger partial charge in [0, 0.05) is 7.05 Å². The van der Waals surface area contributed by atoms with Crippen molar-refractivity contribution < 1.29 is 31.1 Å². The molecular weight excluding hydrogens is 410 g/mol. The molecule has 162 valence electrons. The highest BCUT2D eigenvalue weighted by Gasteiger charge is 2.39. The number of ether oxygens (including phenoxy) is 1. The van der Waals surface area contributed by atoms with Crippen LogP contribution in [-0.4, -0.2) is 30.9 Å². The summed E-state index contributed by atoms with van der Waals surface area (Å²) < 4.78 is 83.9. The van der Waals surface area contributed by atoms with Gasteiger partial charge in [-0.25, -0.2) is 0 Å². The Morgan fingerprint density at radius 1 is 0.967 bits per heavy atom. The molecule has 3 rings (SSSR count). The van der Waals surface area contributed by atoms with Crippen molar-refractivity contribution in [2.75, 3.05) is 20.2 Å². The van der Waals surface area contributed by atoms with Gasteiger partial charge in [-0.1, -0.05) is 30.3 Å². The zero-order valence-electron chi connectivity index (χ0n) is 16.3. The molecule has 9 heteroatoms. The van der Waals surface area contributed by atoms with E-state index in [1.807, 2.05) is 49.2 Å². The molecule has 0 N–H and O–H groups in total. The van der Waals surface area contributed by atoms with Crippen molar-refractivity contribution in [2.24, 2.45) is 4.99 Å². The average molecular weight is 430 g/mol. The molecule has 30 heavy (non-hydrogen) atoms. The van der Waals surface area contributed by atoms with E-state index >= 15 is 0 Å². The predicted molar refractivity (Wildman–Crippen MR) is 100.0 cm³/mol. The van der Waals surface area contributed by atoms with Crippen LogP contribution >= 0.6 is 0 Å². The second-order valence-electron chi connectivity index (χ2n) is 7.32. The molecule has 1 heterocycles. The minimum absolute atomic E-state index is 0.0102.